The molecule has 0 bridgehead atoms. The van der Waals surface area contributed by atoms with E-state index in [4.69, 9.17) is 0 Å². The summed E-state index contributed by atoms with van der Waals surface area (Å²) in [7, 11) is 0. The molecule has 1 N–H and O–H groups in total. The van der Waals surface area contributed by atoms with E-state index in [0.29, 0.717) is 0 Å². The zero-order valence-corrected chi connectivity index (χ0v) is 21.1. The van der Waals surface area contributed by atoms with Gasteiger partial charge in [0.25, 0.3) is 0 Å². The predicted octanol–water partition coefficient (Wildman–Crippen LogP) is 5.93. The monoisotopic (exact) mass is 520 g/mol. The molecule has 33 heavy (non-hydrogen) atoms. The fourth-order valence-corrected chi connectivity index (χ4v) is 3.72. The van der Waals surface area contributed by atoms with E-state index in [-0.39, 0.29) is 40.2 Å². The second kappa shape index (κ2) is 16.5. The first-order valence-electron chi connectivity index (χ1n) is 10.9. The van der Waals surface area contributed by atoms with Crippen LogP contribution in [0.15, 0.2) is 122 Å². The SMILES string of the molecule is C=C([c-]1cccc1)C(C(=C)[c-]1cccc1)N1CCNCC1.[Fe].[Fe].[cH-]1[cH-][cH-][cH-][cH-]1.c1cc[cH-]c1. The molecular weight excluding hydrogens is 488 g/mol. The van der Waals surface area contributed by atoms with E-state index in [1.54, 1.807) is 0 Å². The van der Waals surface area contributed by atoms with Gasteiger partial charge in [0, 0.05) is 66.4 Å². The van der Waals surface area contributed by atoms with Gasteiger partial charge < -0.3 is 35.6 Å². The molecule has 0 radical (unpaired) electrons. The summed E-state index contributed by atoms with van der Waals surface area (Å²) >= 11 is 0. The molecule has 0 aliphatic carbocycles. The van der Waals surface area contributed by atoms with Crippen LogP contribution in [-0.2, 0) is 34.1 Å². The summed E-state index contributed by atoms with van der Waals surface area (Å²) in [6, 6.07) is 37.0. The van der Waals surface area contributed by atoms with Crippen molar-refractivity contribution in [2.24, 2.45) is 0 Å². The van der Waals surface area contributed by atoms with E-state index in [1.807, 2.05) is 60.7 Å². The number of nitrogens with one attached hydrogen (secondary N) is 1. The summed E-state index contributed by atoms with van der Waals surface area (Å²) in [6.07, 6.45) is 0. The summed E-state index contributed by atoms with van der Waals surface area (Å²) in [4.78, 5) is 2.49. The Bertz CT molecular complexity index is 836. The fourth-order valence-electron chi connectivity index (χ4n) is 3.72. The Morgan fingerprint density at radius 1 is 0.697 bits per heavy atom. The van der Waals surface area contributed by atoms with E-state index in [2.05, 4.69) is 71.9 Å². The van der Waals surface area contributed by atoms with Gasteiger partial charge in [-0.3, -0.25) is 4.90 Å². The van der Waals surface area contributed by atoms with Crippen LogP contribution in [0.5, 0.6) is 0 Å². The first kappa shape index (κ1) is 28.9. The fraction of sp³-hybridized carbons (Fsp3) is 0.172. The quantitative estimate of drug-likeness (QED) is 0.259. The second-order valence-corrected chi connectivity index (χ2v) is 7.51. The predicted molar refractivity (Wildman–Crippen MR) is 134 cm³/mol. The molecular formula is C29H32Fe2N2-8. The van der Waals surface area contributed by atoms with Gasteiger partial charge in [0.2, 0.25) is 0 Å². The molecule has 2 nitrogen and oxygen atoms in total. The normalized spacial score (nSPS) is 12.8. The number of hydrogen-bond acceptors (Lipinski definition) is 2. The zero-order valence-electron chi connectivity index (χ0n) is 18.9. The molecule has 5 rings (SSSR count). The summed E-state index contributed by atoms with van der Waals surface area (Å²) < 4.78 is 0. The minimum Gasteiger partial charge on any atom is -0.748 e. The minimum absolute atomic E-state index is 0. The van der Waals surface area contributed by atoms with Crippen LogP contribution in [0.4, 0.5) is 0 Å². The van der Waals surface area contributed by atoms with Gasteiger partial charge in [-0.05, 0) is 0 Å². The third-order valence-corrected chi connectivity index (χ3v) is 5.35. The van der Waals surface area contributed by atoms with Gasteiger partial charge in [-0.2, -0.15) is 55.6 Å². The standard InChI is InChI=1S/C19H22N2.2C5H5.2Fe/c1-15(17-7-3-4-8-17)19(21-13-11-20-12-14-21)16(2)18-9-5-6-10-18;2*1-2-4-5-3-1;;/h3-10,19-20H,1-2,11-14H2;2*1-5H;;/q-2;-5;-1;;. The molecule has 0 spiro atoms. The van der Waals surface area contributed by atoms with Crippen molar-refractivity contribution in [3.05, 3.63) is 133 Å². The maximum Gasteiger partial charge on any atom is 0.0266 e. The Morgan fingerprint density at radius 2 is 1.09 bits per heavy atom. The van der Waals surface area contributed by atoms with Crippen molar-refractivity contribution in [2.45, 2.75) is 6.04 Å². The smallest absolute Gasteiger partial charge is 0.0266 e. The molecule has 1 fully saturated rings. The van der Waals surface area contributed by atoms with Gasteiger partial charge in [-0.15, -0.1) is 46.5 Å². The van der Waals surface area contributed by atoms with Gasteiger partial charge in [-0.1, -0.05) is 0 Å². The first-order chi connectivity index (χ1) is 15.3. The van der Waals surface area contributed by atoms with Gasteiger partial charge in [0.15, 0.2) is 0 Å². The summed E-state index contributed by atoms with van der Waals surface area (Å²) in [5, 5.41) is 3.42. The molecule has 1 saturated heterocycles. The van der Waals surface area contributed by atoms with Crippen molar-refractivity contribution in [1.82, 2.24) is 10.2 Å². The number of piperazine rings is 1. The molecule has 4 aromatic carbocycles. The van der Waals surface area contributed by atoms with Crippen LogP contribution in [0.25, 0.3) is 11.1 Å². The molecule has 0 saturated carbocycles. The van der Waals surface area contributed by atoms with Crippen molar-refractivity contribution in [1.29, 1.82) is 0 Å². The third kappa shape index (κ3) is 9.31. The Morgan fingerprint density at radius 3 is 1.42 bits per heavy atom. The Hall–Kier alpha value is -2.16. The van der Waals surface area contributed by atoms with Crippen LogP contribution >= 0.6 is 0 Å². The molecule has 4 heteroatoms. The van der Waals surface area contributed by atoms with Gasteiger partial charge >= 0.3 is 0 Å². The molecule has 0 atom stereocenters. The first-order valence-corrected chi connectivity index (χ1v) is 10.9. The van der Waals surface area contributed by atoms with Gasteiger partial charge in [0.05, 0.1) is 0 Å². The summed E-state index contributed by atoms with van der Waals surface area (Å²) in [5.41, 5.74) is 4.72. The minimum atomic E-state index is 0. The molecule has 0 amide bonds. The van der Waals surface area contributed by atoms with Crippen molar-refractivity contribution in [3.63, 3.8) is 0 Å². The molecule has 1 heterocycles. The van der Waals surface area contributed by atoms with Gasteiger partial charge in [0.1, 0.15) is 0 Å². The molecule has 4 aromatic rings. The average molecular weight is 520 g/mol. The average Bonchev–Trinajstić information content (AvgIpc) is 3.66. The van der Waals surface area contributed by atoms with Crippen molar-refractivity contribution < 1.29 is 34.1 Å². The van der Waals surface area contributed by atoms with E-state index >= 15 is 0 Å². The van der Waals surface area contributed by atoms with Crippen LogP contribution < -0.4 is 5.32 Å². The van der Waals surface area contributed by atoms with Crippen molar-refractivity contribution in [3.8, 4) is 0 Å². The zero-order chi connectivity index (χ0) is 21.7. The number of hydrogen-bond donors (Lipinski definition) is 1. The Balaban J connectivity index is 0.000000375. The van der Waals surface area contributed by atoms with Crippen LogP contribution in [0.1, 0.15) is 11.1 Å². The van der Waals surface area contributed by atoms with Crippen LogP contribution in [0.3, 0.4) is 0 Å². The summed E-state index contributed by atoms with van der Waals surface area (Å²) in [5.74, 6) is 0. The second-order valence-electron chi connectivity index (χ2n) is 7.51. The Kier molecular flexibility index (Phi) is 14.4. The van der Waals surface area contributed by atoms with Gasteiger partial charge in [-0.25, -0.2) is 12.1 Å². The van der Waals surface area contributed by atoms with Crippen LogP contribution in [0.2, 0.25) is 0 Å². The molecule has 182 valence electrons. The maximum absolute atomic E-state index is 4.38. The van der Waals surface area contributed by atoms with Crippen molar-refractivity contribution >= 4 is 11.1 Å². The van der Waals surface area contributed by atoms with E-state index < -0.39 is 0 Å². The Labute approximate surface area is 220 Å². The van der Waals surface area contributed by atoms with E-state index in [9.17, 15) is 0 Å². The van der Waals surface area contributed by atoms with Crippen molar-refractivity contribution in [2.75, 3.05) is 26.2 Å². The number of nitrogens with zero attached hydrogens (tertiary/aromatic N) is 1. The number of rotatable bonds is 5. The third-order valence-electron chi connectivity index (χ3n) is 5.35. The molecule has 0 aromatic heterocycles. The topological polar surface area (TPSA) is 15.3 Å². The molecule has 0 unspecified atom stereocenters. The molecule has 1 aliphatic heterocycles. The summed E-state index contributed by atoms with van der Waals surface area (Å²) in [6.45, 7) is 12.9. The van der Waals surface area contributed by atoms with E-state index in [1.165, 1.54) is 11.1 Å². The van der Waals surface area contributed by atoms with Crippen LogP contribution in [0, 0.1) is 0 Å². The largest absolute Gasteiger partial charge is 0.748 e. The molecule has 1 aliphatic rings. The maximum atomic E-state index is 4.38. The van der Waals surface area contributed by atoms with Crippen LogP contribution in [-0.4, -0.2) is 37.1 Å². The van der Waals surface area contributed by atoms with E-state index in [0.717, 1.165) is 37.3 Å².